The number of hydrogen-bond acceptors (Lipinski definition) is 6. The second kappa shape index (κ2) is 9.28. The first-order valence-corrected chi connectivity index (χ1v) is 9.56. The third kappa shape index (κ3) is 4.84. The number of aromatic nitrogens is 2. The Morgan fingerprint density at radius 2 is 1.75 bits per heavy atom. The predicted octanol–water partition coefficient (Wildman–Crippen LogP) is 5.47. The van der Waals surface area contributed by atoms with Crippen molar-refractivity contribution in [1.82, 2.24) is 9.97 Å². The Hall–Kier alpha value is -2.99. The van der Waals surface area contributed by atoms with Crippen molar-refractivity contribution < 1.29 is 4.74 Å². The molecule has 6 nitrogen and oxygen atoms in total. The van der Waals surface area contributed by atoms with Crippen LogP contribution in [-0.2, 0) is 0 Å². The Balaban J connectivity index is 1.74. The molecule has 0 saturated heterocycles. The van der Waals surface area contributed by atoms with Crippen molar-refractivity contribution in [3.05, 3.63) is 59.8 Å². The zero-order valence-electron chi connectivity index (χ0n) is 16.2. The largest absolute Gasteiger partial charge is 0.495 e. The van der Waals surface area contributed by atoms with Crippen LogP contribution in [-0.4, -0.2) is 30.2 Å². The topological polar surface area (TPSA) is 62.3 Å². The van der Waals surface area contributed by atoms with Gasteiger partial charge in [-0.1, -0.05) is 11.6 Å². The molecular weight excluding hydrogens is 374 g/mol. The summed E-state index contributed by atoms with van der Waals surface area (Å²) in [4.78, 5) is 11.1. The summed E-state index contributed by atoms with van der Waals surface area (Å²) >= 11 is 6.09. The van der Waals surface area contributed by atoms with Crippen LogP contribution in [0.3, 0.4) is 0 Å². The Kier molecular flexibility index (Phi) is 6.55. The lowest BCUT2D eigenvalue weighted by Gasteiger charge is -2.21. The van der Waals surface area contributed by atoms with E-state index in [9.17, 15) is 0 Å². The van der Waals surface area contributed by atoms with Gasteiger partial charge in [-0.2, -0.15) is 4.98 Å². The van der Waals surface area contributed by atoms with E-state index in [-0.39, 0.29) is 0 Å². The van der Waals surface area contributed by atoms with Gasteiger partial charge in [-0.3, -0.25) is 0 Å². The summed E-state index contributed by atoms with van der Waals surface area (Å²) in [5.41, 5.74) is 2.86. The van der Waals surface area contributed by atoms with Crippen LogP contribution in [0.4, 0.5) is 28.8 Å². The van der Waals surface area contributed by atoms with E-state index in [0.717, 1.165) is 24.5 Å². The van der Waals surface area contributed by atoms with Crippen molar-refractivity contribution >= 4 is 40.4 Å². The first kappa shape index (κ1) is 19.8. The van der Waals surface area contributed by atoms with Gasteiger partial charge in [-0.15, -0.1) is 0 Å². The molecule has 28 heavy (non-hydrogen) atoms. The van der Waals surface area contributed by atoms with Crippen LogP contribution in [0.1, 0.15) is 13.8 Å². The minimum absolute atomic E-state index is 0.501. The number of nitrogens with one attached hydrogen (secondary N) is 2. The van der Waals surface area contributed by atoms with E-state index in [0.29, 0.717) is 22.5 Å². The molecule has 0 aliphatic heterocycles. The molecule has 0 spiro atoms. The molecule has 1 aromatic heterocycles. The highest BCUT2D eigenvalue weighted by Crippen LogP contribution is 2.30. The van der Waals surface area contributed by atoms with Crippen molar-refractivity contribution in [3.8, 4) is 5.75 Å². The fourth-order valence-corrected chi connectivity index (χ4v) is 3.05. The molecular formula is C21H24ClN5O. The second-order valence-electron chi connectivity index (χ2n) is 6.08. The first-order valence-electron chi connectivity index (χ1n) is 9.18. The summed E-state index contributed by atoms with van der Waals surface area (Å²) in [6.07, 6.45) is 1.69. The molecule has 0 fully saturated rings. The molecule has 0 radical (unpaired) electrons. The van der Waals surface area contributed by atoms with Gasteiger partial charge in [0, 0.05) is 35.7 Å². The van der Waals surface area contributed by atoms with Gasteiger partial charge in [0.15, 0.2) is 0 Å². The van der Waals surface area contributed by atoms with Gasteiger partial charge >= 0.3 is 0 Å². The molecule has 0 amide bonds. The number of anilines is 5. The maximum atomic E-state index is 6.09. The number of ether oxygens (including phenoxy) is 1. The standard InChI is InChI=1S/C21H24ClN5O/c1-4-27(5-2)17-9-7-16(8-10-17)24-21-23-13-12-20(26-21)25-18-14-15(22)6-11-19(18)28-3/h6-14H,4-5H2,1-3H3,(H2,23,24,25,26). The zero-order valence-corrected chi connectivity index (χ0v) is 17.0. The van der Waals surface area contributed by atoms with Gasteiger partial charge < -0.3 is 20.3 Å². The number of benzene rings is 2. The molecule has 2 aromatic carbocycles. The normalized spacial score (nSPS) is 10.4. The molecule has 146 valence electrons. The quantitative estimate of drug-likeness (QED) is 0.525. The van der Waals surface area contributed by atoms with Gasteiger partial charge in [0.25, 0.3) is 0 Å². The summed E-state index contributed by atoms with van der Waals surface area (Å²) in [7, 11) is 1.61. The SMILES string of the molecule is CCN(CC)c1ccc(Nc2nccc(Nc3cc(Cl)ccc3OC)n2)cc1. The van der Waals surface area contributed by atoms with Crippen molar-refractivity contribution in [2.45, 2.75) is 13.8 Å². The van der Waals surface area contributed by atoms with Crippen LogP contribution in [0.15, 0.2) is 54.7 Å². The Morgan fingerprint density at radius 3 is 2.43 bits per heavy atom. The van der Waals surface area contributed by atoms with Gasteiger partial charge in [-0.25, -0.2) is 4.98 Å². The number of hydrogen-bond donors (Lipinski definition) is 2. The number of methoxy groups -OCH3 is 1. The summed E-state index contributed by atoms with van der Waals surface area (Å²) in [6, 6.07) is 15.4. The highest BCUT2D eigenvalue weighted by atomic mass is 35.5. The minimum Gasteiger partial charge on any atom is -0.495 e. The molecule has 0 bridgehead atoms. The first-order chi connectivity index (χ1) is 13.6. The maximum Gasteiger partial charge on any atom is 0.229 e. The number of halogens is 1. The van der Waals surface area contributed by atoms with E-state index in [2.05, 4.69) is 51.5 Å². The van der Waals surface area contributed by atoms with Gasteiger partial charge in [-0.05, 0) is 62.4 Å². The van der Waals surface area contributed by atoms with Crippen LogP contribution in [0, 0.1) is 0 Å². The molecule has 1 heterocycles. The number of nitrogens with zero attached hydrogens (tertiary/aromatic N) is 3. The molecule has 3 aromatic rings. The maximum absolute atomic E-state index is 6.09. The third-order valence-corrected chi connectivity index (χ3v) is 4.57. The van der Waals surface area contributed by atoms with Crippen LogP contribution < -0.4 is 20.3 Å². The summed E-state index contributed by atoms with van der Waals surface area (Å²) < 4.78 is 5.36. The average molecular weight is 398 g/mol. The molecule has 0 unspecified atom stereocenters. The van der Waals surface area contributed by atoms with E-state index >= 15 is 0 Å². The third-order valence-electron chi connectivity index (χ3n) is 4.33. The minimum atomic E-state index is 0.501. The second-order valence-corrected chi connectivity index (χ2v) is 6.52. The van der Waals surface area contributed by atoms with Crippen molar-refractivity contribution in [3.63, 3.8) is 0 Å². The Bertz CT molecular complexity index is 913. The van der Waals surface area contributed by atoms with E-state index in [4.69, 9.17) is 16.3 Å². The highest BCUT2D eigenvalue weighted by molar-refractivity contribution is 6.31. The lowest BCUT2D eigenvalue weighted by Crippen LogP contribution is -2.21. The Labute approximate surface area is 170 Å². The van der Waals surface area contributed by atoms with Crippen LogP contribution in [0.5, 0.6) is 5.75 Å². The van der Waals surface area contributed by atoms with Crippen molar-refractivity contribution in [2.75, 3.05) is 35.7 Å². The fraction of sp³-hybridized carbons (Fsp3) is 0.238. The molecule has 0 atom stereocenters. The smallest absolute Gasteiger partial charge is 0.229 e. The van der Waals surface area contributed by atoms with E-state index < -0.39 is 0 Å². The molecule has 0 saturated carbocycles. The lowest BCUT2D eigenvalue weighted by atomic mass is 10.2. The molecule has 2 N–H and O–H groups in total. The monoisotopic (exact) mass is 397 g/mol. The van der Waals surface area contributed by atoms with E-state index in [1.807, 2.05) is 18.2 Å². The van der Waals surface area contributed by atoms with E-state index in [1.54, 1.807) is 31.5 Å². The Morgan fingerprint density at radius 1 is 1.00 bits per heavy atom. The average Bonchev–Trinajstić information content (AvgIpc) is 2.71. The summed E-state index contributed by atoms with van der Waals surface area (Å²) in [5, 5.41) is 7.07. The van der Waals surface area contributed by atoms with Crippen molar-refractivity contribution in [1.29, 1.82) is 0 Å². The zero-order chi connectivity index (χ0) is 19.9. The lowest BCUT2D eigenvalue weighted by molar-refractivity contribution is 0.417. The van der Waals surface area contributed by atoms with Crippen LogP contribution in [0.2, 0.25) is 5.02 Å². The molecule has 0 aliphatic rings. The van der Waals surface area contributed by atoms with Gasteiger partial charge in [0.05, 0.1) is 12.8 Å². The highest BCUT2D eigenvalue weighted by Gasteiger charge is 2.07. The van der Waals surface area contributed by atoms with Gasteiger partial charge in [0.2, 0.25) is 5.95 Å². The molecule has 7 heteroatoms. The molecule has 0 aliphatic carbocycles. The summed E-state index contributed by atoms with van der Waals surface area (Å²) in [5.74, 6) is 1.82. The van der Waals surface area contributed by atoms with Crippen molar-refractivity contribution in [2.24, 2.45) is 0 Å². The summed E-state index contributed by atoms with van der Waals surface area (Å²) in [6.45, 7) is 6.26. The van der Waals surface area contributed by atoms with E-state index in [1.165, 1.54) is 5.69 Å². The van der Waals surface area contributed by atoms with Gasteiger partial charge in [0.1, 0.15) is 11.6 Å². The fourth-order valence-electron chi connectivity index (χ4n) is 2.88. The predicted molar refractivity (Wildman–Crippen MR) is 117 cm³/mol. The molecule has 3 rings (SSSR count). The van der Waals surface area contributed by atoms with Crippen LogP contribution >= 0.6 is 11.6 Å². The van der Waals surface area contributed by atoms with Crippen LogP contribution in [0.25, 0.3) is 0 Å². The number of rotatable bonds is 8.